The number of hydrogen-bond acceptors (Lipinski definition) is 5. The first-order valence-electron chi connectivity index (χ1n) is 9.53. The van der Waals surface area contributed by atoms with Gasteiger partial charge in [0.15, 0.2) is 11.5 Å². The summed E-state index contributed by atoms with van der Waals surface area (Å²) in [6, 6.07) is 10.3. The molecule has 1 saturated heterocycles. The van der Waals surface area contributed by atoms with E-state index >= 15 is 0 Å². The van der Waals surface area contributed by atoms with Crippen LogP contribution in [0.3, 0.4) is 0 Å². The predicted molar refractivity (Wildman–Crippen MR) is 107 cm³/mol. The SMILES string of the molecule is CCOc1ccc(C(c2cccs2)N2CCCC(C(=O)O)C2)cc1OCC. The van der Waals surface area contributed by atoms with Gasteiger partial charge >= 0.3 is 5.97 Å². The number of aliphatic carboxylic acids is 1. The zero-order chi connectivity index (χ0) is 19.2. The molecule has 2 atom stereocenters. The van der Waals surface area contributed by atoms with Crippen molar-refractivity contribution in [3.05, 3.63) is 46.2 Å². The fourth-order valence-corrected chi connectivity index (χ4v) is 4.57. The van der Waals surface area contributed by atoms with Crippen LogP contribution in [0.2, 0.25) is 0 Å². The molecule has 2 heterocycles. The number of rotatable bonds is 8. The maximum atomic E-state index is 11.5. The molecule has 0 saturated carbocycles. The van der Waals surface area contributed by atoms with Gasteiger partial charge in [0.05, 0.1) is 25.2 Å². The highest BCUT2D eigenvalue weighted by Gasteiger charge is 2.32. The van der Waals surface area contributed by atoms with E-state index in [0.717, 1.165) is 36.4 Å². The van der Waals surface area contributed by atoms with Crippen molar-refractivity contribution in [2.45, 2.75) is 32.7 Å². The highest BCUT2D eigenvalue weighted by atomic mass is 32.1. The molecule has 1 fully saturated rings. The summed E-state index contributed by atoms with van der Waals surface area (Å²) in [7, 11) is 0. The van der Waals surface area contributed by atoms with E-state index in [2.05, 4.69) is 22.4 Å². The monoisotopic (exact) mass is 389 g/mol. The molecule has 0 radical (unpaired) electrons. The van der Waals surface area contributed by atoms with E-state index in [1.807, 2.05) is 32.0 Å². The second-order valence-corrected chi connectivity index (χ2v) is 7.64. The molecular weight excluding hydrogens is 362 g/mol. The van der Waals surface area contributed by atoms with Gasteiger partial charge in [-0.05, 0) is 62.4 Å². The molecular formula is C21H27NO4S. The topological polar surface area (TPSA) is 59.0 Å². The van der Waals surface area contributed by atoms with Crippen LogP contribution in [0.25, 0.3) is 0 Å². The van der Waals surface area contributed by atoms with Gasteiger partial charge in [0, 0.05) is 11.4 Å². The second kappa shape index (κ2) is 9.24. The Hall–Kier alpha value is -2.05. The highest BCUT2D eigenvalue weighted by molar-refractivity contribution is 7.10. The third-order valence-corrected chi connectivity index (χ3v) is 5.79. The summed E-state index contributed by atoms with van der Waals surface area (Å²) < 4.78 is 11.5. The summed E-state index contributed by atoms with van der Waals surface area (Å²) in [5.41, 5.74) is 1.11. The van der Waals surface area contributed by atoms with Crippen LogP contribution in [0.5, 0.6) is 11.5 Å². The highest BCUT2D eigenvalue weighted by Crippen LogP contribution is 2.38. The summed E-state index contributed by atoms with van der Waals surface area (Å²) in [6.45, 7) is 6.52. The standard InChI is InChI=1S/C21H27NO4S/c1-3-25-17-10-9-15(13-18(17)26-4-2)20(19-8-6-12-27-19)22-11-5-7-16(14-22)21(23)24/h6,8-10,12-13,16,20H,3-5,7,11,14H2,1-2H3,(H,23,24). The number of carboxylic acids is 1. The van der Waals surface area contributed by atoms with E-state index in [0.29, 0.717) is 19.8 Å². The first-order valence-corrected chi connectivity index (χ1v) is 10.4. The van der Waals surface area contributed by atoms with Gasteiger partial charge in [0.1, 0.15) is 0 Å². The molecule has 5 nitrogen and oxygen atoms in total. The molecule has 1 N–H and O–H groups in total. The molecule has 0 spiro atoms. The molecule has 27 heavy (non-hydrogen) atoms. The largest absolute Gasteiger partial charge is 0.490 e. The van der Waals surface area contributed by atoms with E-state index in [9.17, 15) is 9.90 Å². The van der Waals surface area contributed by atoms with Crippen LogP contribution in [0, 0.1) is 5.92 Å². The molecule has 3 rings (SSSR count). The van der Waals surface area contributed by atoms with Crippen LogP contribution < -0.4 is 9.47 Å². The minimum atomic E-state index is -0.702. The number of nitrogens with zero attached hydrogens (tertiary/aromatic N) is 1. The Kier molecular flexibility index (Phi) is 6.74. The summed E-state index contributed by atoms with van der Waals surface area (Å²) >= 11 is 1.70. The normalized spacial score (nSPS) is 18.8. The Balaban J connectivity index is 1.96. The molecule has 0 aliphatic carbocycles. The van der Waals surface area contributed by atoms with Crippen molar-refractivity contribution >= 4 is 17.3 Å². The van der Waals surface area contributed by atoms with E-state index in [-0.39, 0.29) is 12.0 Å². The fourth-order valence-electron chi connectivity index (χ4n) is 3.68. The van der Waals surface area contributed by atoms with Gasteiger partial charge in [-0.2, -0.15) is 0 Å². The van der Waals surface area contributed by atoms with Crippen LogP contribution in [0.1, 0.15) is 43.2 Å². The molecule has 6 heteroatoms. The Morgan fingerprint density at radius 2 is 2.04 bits per heavy atom. The van der Waals surface area contributed by atoms with E-state index in [1.165, 1.54) is 4.88 Å². The van der Waals surface area contributed by atoms with Gasteiger partial charge in [-0.1, -0.05) is 12.1 Å². The van der Waals surface area contributed by atoms with Gasteiger partial charge < -0.3 is 14.6 Å². The average Bonchev–Trinajstić information content (AvgIpc) is 3.19. The maximum Gasteiger partial charge on any atom is 0.307 e. The lowest BCUT2D eigenvalue weighted by molar-refractivity contribution is -0.143. The van der Waals surface area contributed by atoms with Crippen LogP contribution in [0.4, 0.5) is 0 Å². The molecule has 2 unspecified atom stereocenters. The average molecular weight is 390 g/mol. The lowest BCUT2D eigenvalue weighted by Gasteiger charge is -2.37. The smallest absolute Gasteiger partial charge is 0.307 e. The summed E-state index contributed by atoms with van der Waals surface area (Å²) in [4.78, 5) is 15.0. The Bertz CT molecular complexity index is 747. The molecule has 146 valence electrons. The van der Waals surface area contributed by atoms with Gasteiger partial charge in [0.25, 0.3) is 0 Å². The third kappa shape index (κ3) is 4.62. The van der Waals surface area contributed by atoms with Crippen LogP contribution in [0.15, 0.2) is 35.7 Å². The van der Waals surface area contributed by atoms with E-state index in [4.69, 9.17) is 9.47 Å². The summed E-state index contributed by atoms with van der Waals surface area (Å²) in [6.07, 6.45) is 1.64. The number of ether oxygens (including phenoxy) is 2. The van der Waals surface area contributed by atoms with Crippen LogP contribution in [-0.2, 0) is 4.79 Å². The molecule has 1 aromatic heterocycles. The van der Waals surface area contributed by atoms with Crippen molar-refractivity contribution < 1.29 is 19.4 Å². The van der Waals surface area contributed by atoms with Crippen molar-refractivity contribution in [2.75, 3.05) is 26.3 Å². The number of likely N-dealkylation sites (tertiary alicyclic amines) is 1. The molecule has 2 aromatic rings. The quantitative estimate of drug-likeness (QED) is 0.724. The van der Waals surface area contributed by atoms with Crippen LogP contribution >= 0.6 is 11.3 Å². The van der Waals surface area contributed by atoms with Gasteiger partial charge in [-0.25, -0.2) is 0 Å². The first-order chi connectivity index (χ1) is 13.1. The van der Waals surface area contributed by atoms with Crippen molar-refractivity contribution in [3.8, 4) is 11.5 Å². The number of benzene rings is 1. The molecule has 1 aliphatic rings. The zero-order valence-electron chi connectivity index (χ0n) is 15.9. The Labute approximate surface area is 164 Å². The van der Waals surface area contributed by atoms with Crippen molar-refractivity contribution in [1.29, 1.82) is 0 Å². The van der Waals surface area contributed by atoms with Crippen LogP contribution in [-0.4, -0.2) is 42.3 Å². The molecule has 1 aliphatic heterocycles. The van der Waals surface area contributed by atoms with Crippen molar-refractivity contribution in [1.82, 2.24) is 4.90 Å². The minimum Gasteiger partial charge on any atom is -0.490 e. The number of thiophene rings is 1. The zero-order valence-corrected chi connectivity index (χ0v) is 16.7. The maximum absolute atomic E-state index is 11.5. The Morgan fingerprint density at radius 3 is 2.70 bits per heavy atom. The predicted octanol–water partition coefficient (Wildman–Crippen LogP) is 4.43. The van der Waals surface area contributed by atoms with Gasteiger partial charge in [-0.15, -0.1) is 11.3 Å². The van der Waals surface area contributed by atoms with E-state index < -0.39 is 5.97 Å². The summed E-state index contributed by atoms with van der Waals surface area (Å²) in [5, 5.41) is 11.6. The lowest BCUT2D eigenvalue weighted by Crippen LogP contribution is -2.41. The van der Waals surface area contributed by atoms with E-state index in [1.54, 1.807) is 11.3 Å². The molecule has 0 amide bonds. The van der Waals surface area contributed by atoms with Gasteiger partial charge in [0.2, 0.25) is 0 Å². The molecule has 1 aromatic carbocycles. The first kappa shape index (κ1) is 19.7. The number of piperidine rings is 1. The van der Waals surface area contributed by atoms with Crippen molar-refractivity contribution in [3.63, 3.8) is 0 Å². The lowest BCUT2D eigenvalue weighted by atomic mass is 9.94. The Morgan fingerprint density at radius 1 is 1.26 bits per heavy atom. The number of hydrogen-bond donors (Lipinski definition) is 1. The number of carboxylic acid groups (broad SMARTS) is 1. The third-order valence-electron chi connectivity index (χ3n) is 4.86. The number of carbonyl (C=O) groups is 1. The fraction of sp³-hybridized carbons (Fsp3) is 0.476. The minimum absolute atomic E-state index is 0.0297. The van der Waals surface area contributed by atoms with Gasteiger partial charge in [-0.3, -0.25) is 9.69 Å². The second-order valence-electron chi connectivity index (χ2n) is 6.66. The van der Waals surface area contributed by atoms with Crippen molar-refractivity contribution in [2.24, 2.45) is 5.92 Å². The molecule has 0 bridgehead atoms. The summed E-state index contributed by atoms with van der Waals surface area (Å²) in [5.74, 6) is 0.474.